The Morgan fingerprint density at radius 1 is 1.42 bits per heavy atom. The summed E-state index contributed by atoms with van der Waals surface area (Å²) in [6.07, 6.45) is 5.38. The highest BCUT2D eigenvalue weighted by Gasteiger charge is 2.21. The molecule has 0 radical (unpaired) electrons. The number of carbonyl (C=O) groups excluding carboxylic acids is 1. The number of ether oxygens (including phenoxy) is 1. The third-order valence-electron chi connectivity index (χ3n) is 3.46. The number of terminal acetylenes is 1. The van der Waals surface area contributed by atoms with Gasteiger partial charge in [0.2, 0.25) is 5.82 Å². The van der Waals surface area contributed by atoms with E-state index in [4.69, 9.17) is 11.2 Å². The zero-order valence-electron chi connectivity index (χ0n) is 13.8. The lowest BCUT2D eigenvalue weighted by Crippen LogP contribution is -2.37. The van der Waals surface area contributed by atoms with Crippen molar-refractivity contribution in [2.24, 2.45) is 0 Å². The first-order valence-corrected chi connectivity index (χ1v) is 8.53. The number of aromatic nitrogens is 3. The van der Waals surface area contributed by atoms with Crippen molar-refractivity contribution < 1.29 is 13.9 Å². The zero-order chi connectivity index (χ0) is 18.5. The van der Waals surface area contributed by atoms with E-state index in [0.717, 1.165) is 4.88 Å². The molecule has 2 heterocycles. The summed E-state index contributed by atoms with van der Waals surface area (Å²) < 4.78 is 19.7. The van der Waals surface area contributed by atoms with Crippen LogP contribution in [0.2, 0.25) is 0 Å². The van der Waals surface area contributed by atoms with Crippen LogP contribution in [0.25, 0.3) is 16.4 Å². The molecule has 0 bridgehead atoms. The minimum atomic E-state index is -0.588. The van der Waals surface area contributed by atoms with E-state index in [1.54, 1.807) is 12.1 Å². The zero-order valence-corrected chi connectivity index (χ0v) is 14.7. The first kappa shape index (κ1) is 17.8. The lowest BCUT2D eigenvalue weighted by molar-refractivity contribution is 0.0909. The average molecular weight is 370 g/mol. The van der Waals surface area contributed by atoms with Gasteiger partial charge >= 0.3 is 0 Å². The van der Waals surface area contributed by atoms with Crippen molar-refractivity contribution in [3.8, 4) is 28.7 Å². The Labute approximate surface area is 153 Å². The lowest BCUT2D eigenvalue weighted by atomic mass is 10.3. The topological polar surface area (TPSA) is 69.0 Å². The van der Waals surface area contributed by atoms with Crippen LogP contribution in [-0.4, -0.2) is 40.4 Å². The molecule has 1 atom stereocenters. The second kappa shape index (κ2) is 7.91. The van der Waals surface area contributed by atoms with E-state index < -0.39 is 11.9 Å². The summed E-state index contributed by atoms with van der Waals surface area (Å²) in [7, 11) is 1.49. The van der Waals surface area contributed by atoms with Crippen molar-refractivity contribution in [1.82, 2.24) is 20.1 Å². The van der Waals surface area contributed by atoms with Crippen molar-refractivity contribution in [2.75, 3.05) is 13.7 Å². The summed E-state index contributed by atoms with van der Waals surface area (Å²) >= 11 is 1.46. The Kier molecular flexibility index (Phi) is 5.41. The molecule has 8 heteroatoms. The molecule has 6 nitrogen and oxygen atoms in total. The van der Waals surface area contributed by atoms with Crippen LogP contribution < -0.4 is 5.32 Å². The van der Waals surface area contributed by atoms with Gasteiger partial charge in [0, 0.05) is 7.11 Å². The van der Waals surface area contributed by atoms with Crippen molar-refractivity contribution in [2.45, 2.75) is 6.04 Å². The Balaban J connectivity index is 1.98. The number of benzene rings is 1. The highest BCUT2D eigenvalue weighted by atomic mass is 32.1. The molecule has 0 unspecified atom stereocenters. The predicted octanol–water partition coefficient (Wildman–Crippen LogP) is 2.51. The molecule has 132 valence electrons. The number of amides is 1. The third kappa shape index (κ3) is 3.79. The Bertz CT molecular complexity index is 929. The Morgan fingerprint density at radius 3 is 2.81 bits per heavy atom. The van der Waals surface area contributed by atoms with Gasteiger partial charge in [-0.15, -0.1) is 22.9 Å². The standard InChI is InChI=1S/C18H15FN4O2S/c1-3-13(11-25-2)20-18(24)16-21-17(15-5-4-10-26-15)23(22-16)14-8-6-12(19)7-9-14/h1,4-10,13H,11H2,2H3,(H,20,24)/t13-/m1/s1. The monoisotopic (exact) mass is 370 g/mol. The first-order chi connectivity index (χ1) is 12.6. The van der Waals surface area contributed by atoms with Gasteiger partial charge in [-0.3, -0.25) is 4.79 Å². The van der Waals surface area contributed by atoms with Crippen LogP contribution in [0.4, 0.5) is 4.39 Å². The van der Waals surface area contributed by atoms with Crippen LogP contribution in [-0.2, 0) is 4.74 Å². The van der Waals surface area contributed by atoms with Crippen LogP contribution in [0.3, 0.4) is 0 Å². The molecule has 0 fully saturated rings. The van der Waals surface area contributed by atoms with Gasteiger partial charge in [0.25, 0.3) is 5.91 Å². The maximum atomic E-state index is 13.2. The van der Waals surface area contributed by atoms with Crippen LogP contribution >= 0.6 is 11.3 Å². The van der Waals surface area contributed by atoms with E-state index >= 15 is 0 Å². The van der Waals surface area contributed by atoms with Gasteiger partial charge in [0.05, 0.1) is 17.2 Å². The molecule has 1 amide bonds. The quantitative estimate of drug-likeness (QED) is 0.677. The van der Waals surface area contributed by atoms with Crippen molar-refractivity contribution in [1.29, 1.82) is 0 Å². The number of nitrogens with one attached hydrogen (secondary N) is 1. The molecule has 0 spiro atoms. The van der Waals surface area contributed by atoms with E-state index in [2.05, 4.69) is 21.3 Å². The molecular formula is C18H15FN4O2S. The van der Waals surface area contributed by atoms with Gasteiger partial charge in [-0.1, -0.05) is 12.0 Å². The Morgan fingerprint density at radius 2 is 2.19 bits per heavy atom. The van der Waals surface area contributed by atoms with E-state index in [0.29, 0.717) is 11.5 Å². The molecule has 0 saturated carbocycles. The van der Waals surface area contributed by atoms with Gasteiger partial charge in [0.15, 0.2) is 5.82 Å². The molecule has 3 aromatic rings. The molecule has 2 aromatic heterocycles. The molecular weight excluding hydrogens is 355 g/mol. The van der Waals surface area contributed by atoms with Gasteiger partial charge in [-0.25, -0.2) is 14.1 Å². The summed E-state index contributed by atoms with van der Waals surface area (Å²) in [5.41, 5.74) is 0.590. The van der Waals surface area contributed by atoms with Crippen LogP contribution in [0.5, 0.6) is 0 Å². The van der Waals surface area contributed by atoms with E-state index in [9.17, 15) is 9.18 Å². The average Bonchev–Trinajstić information content (AvgIpc) is 3.31. The molecule has 0 aliphatic rings. The fourth-order valence-electron chi connectivity index (χ4n) is 2.26. The van der Waals surface area contributed by atoms with E-state index in [-0.39, 0.29) is 18.2 Å². The van der Waals surface area contributed by atoms with E-state index in [1.807, 2.05) is 17.5 Å². The number of hydrogen-bond acceptors (Lipinski definition) is 5. The predicted molar refractivity (Wildman–Crippen MR) is 96.6 cm³/mol. The molecule has 1 aromatic carbocycles. The van der Waals surface area contributed by atoms with Gasteiger partial charge in [-0.05, 0) is 35.7 Å². The lowest BCUT2D eigenvalue weighted by Gasteiger charge is -2.09. The largest absolute Gasteiger partial charge is 0.382 e. The maximum absolute atomic E-state index is 13.2. The second-order valence-corrected chi connectivity index (χ2v) is 6.22. The van der Waals surface area contributed by atoms with Crippen LogP contribution in [0.15, 0.2) is 41.8 Å². The number of methoxy groups -OCH3 is 1. The highest BCUT2D eigenvalue weighted by Crippen LogP contribution is 2.25. The summed E-state index contributed by atoms with van der Waals surface area (Å²) in [5.74, 6) is 2.01. The molecule has 26 heavy (non-hydrogen) atoms. The third-order valence-corrected chi connectivity index (χ3v) is 4.33. The Hall–Kier alpha value is -3.02. The maximum Gasteiger partial charge on any atom is 0.292 e. The minimum Gasteiger partial charge on any atom is -0.382 e. The molecule has 1 N–H and O–H groups in total. The smallest absolute Gasteiger partial charge is 0.292 e. The molecule has 3 rings (SSSR count). The van der Waals surface area contributed by atoms with Gasteiger partial charge in [0.1, 0.15) is 11.9 Å². The SMILES string of the molecule is C#C[C@H](COC)NC(=O)c1nc(-c2cccs2)n(-c2ccc(F)cc2)n1. The van der Waals surface area contributed by atoms with Crippen LogP contribution in [0, 0.1) is 18.2 Å². The number of carbonyl (C=O) groups is 1. The molecule has 0 aliphatic carbocycles. The van der Waals surface area contributed by atoms with Gasteiger partial charge < -0.3 is 10.1 Å². The molecule has 0 aliphatic heterocycles. The molecule has 0 saturated heterocycles. The number of hydrogen-bond donors (Lipinski definition) is 1. The van der Waals surface area contributed by atoms with Gasteiger partial charge in [-0.2, -0.15) is 0 Å². The first-order valence-electron chi connectivity index (χ1n) is 7.65. The van der Waals surface area contributed by atoms with Crippen LogP contribution in [0.1, 0.15) is 10.6 Å². The number of rotatable bonds is 6. The van der Waals surface area contributed by atoms with Crippen molar-refractivity contribution in [3.63, 3.8) is 0 Å². The second-order valence-electron chi connectivity index (χ2n) is 5.27. The summed E-state index contributed by atoms with van der Waals surface area (Å²) in [4.78, 5) is 17.6. The fourth-order valence-corrected chi connectivity index (χ4v) is 2.96. The summed E-state index contributed by atoms with van der Waals surface area (Å²) in [6, 6.07) is 8.93. The summed E-state index contributed by atoms with van der Waals surface area (Å²) in [6.45, 7) is 0.179. The number of thiophene rings is 1. The van der Waals surface area contributed by atoms with E-state index in [1.165, 1.54) is 35.3 Å². The minimum absolute atomic E-state index is 0.0333. The number of halogens is 1. The van der Waals surface area contributed by atoms with Crippen molar-refractivity contribution in [3.05, 3.63) is 53.4 Å². The highest BCUT2D eigenvalue weighted by molar-refractivity contribution is 7.13. The van der Waals surface area contributed by atoms with Crippen molar-refractivity contribution >= 4 is 17.2 Å². The number of nitrogens with zero attached hydrogens (tertiary/aromatic N) is 3. The summed E-state index contributed by atoms with van der Waals surface area (Å²) in [5, 5.41) is 8.81. The fraction of sp³-hybridized carbons (Fsp3) is 0.167. The normalized spacial score (nSPS) is 11.7.